The van der Waals surface area contributed by atoms with Gasteiger partial charge < -0.3 is 11.1 Å². The summed E-state index contributed by atoms with van der Waals surface area (Å²) in [5.41, 5.74) is 6.27. The summed E-state index contributed by atoms with van der Waals surface area (Å²) in [6, 6.07) is 8.86. The van der Waals surface area contributed by atoms with Crippen LogP contribution in [0.25, 0.3) is 0 Å². The molecular formula is C12H17N3O3S2. The molecule has 4 N–H and O–H groups in total. The van der Waals surface area contributed by atoms with E-state index in [4.69, 9.17) is 18.0 Å². The molecule has 0 heterocycles. The molecule has 0 aliphatic rings. The minimum absolute atomic E-state index is 0.00600. The van der Waals surface area contributed by atoms with E-state index >= 15 is 0 Å². The number of amides is 1. The summed E-state index contributed by atoms with van der Waals surface area (Å²) in [5, 5.41) is 2.53. The Kier molecular flexibility index (Phi) is 6.05. The largest absolute Gasteiger partial charge is 0.392 e. The van der Waals surface area contributed by atoms with Crippen molar-refractivity contribution in [2.45, 2.75) is 5.92 Å². The summed E-state index contributed by atoms with van der Waals surface area (Å²) in [5.74, 6) is -1.37. The van der Waals surface area contributed by atoms with Crippen LogP contribution in [0.1, 0.15) is 11.5 Å². The zero-order valence-corrected chi connectivity index (χ0v) is 12.6. The van der Waals surface area contributed by atoms with Gasteiger partial charge in [0.25, 0.3) is 0 Å². The highest BCUT2D eigenvalue weighted by Gasteiger charge is 2.23. The minimum atomic E-state index is -3.35. The number of carbonyl (C=O) groups excluding carboxylic acids is 1. The van der Waals surface area contributed by atoms with E-state index in [0.717, 1.165) is 0 Å². The highest BCUT2D eigenvalue weighted by molar-refractivity contribution is 7.89. The maximum atomic E-state index is 12.1. The van der Waals surface area contributed by atoms with E-state index < -0.39 is 21.8 Å². The first-order valence-electron chi connectivity index (χ1n) is 5.90. The molecule has 1 unspecified atom stereocenters. The first-order valence-corrected chi connectivity index (χ1v) is 7.96. The van der Waals surface area contributed by atoms with Gasteiger partial charge in [-0.05, 0) is 12.6 Å². The first kappa shape index (κ1) is 16.5. The predicted octanol–water partition coefficient (Wildman–Crippen LogP) is -0.278. The van der Waals surface area contributed by atoms with Crippen molar-refractivity contribution in [1.82, 2.24) is 10.0 Å². The Morgan fingerprint density at radius 1 is 1.35 bits per heavy atom. The van der Waals surface area contributed by atoms with Crippen LogP contribution in [0, 0.1) is 0 Å². The summed E-state index contributed by atoms with van der Waals surface area (Å²) in [4.78, 5) is 12.1. The van der Waals surface area contributed by atoms with Crippen LogP contribution in [0.2, 0.25) is 0 Å². The third-order valence-corrected chi connectivity index (χ3v) is 4.26. The smallest absolute Gasteiger partial charge is 0.234 e. The topological polar surface area (TPSA) is 101 Å². The minimum Gasteiger partial charge on any atom is -0.392 e. The van der Waals surface area contributed by atoms with Gasteiger partial charge in [0, 0.05) is 6.54 Å². The lowest BCUT2D eigenvalue weighted by molar-refractivity contribution is -0.120. The fourth-order valence-electron chi connectivity index (χ4n) is 1.60. The van der Waals surface area contributed by atoms with Gasteiger partial charge in [0.15, 0.2) is 0 Å². The fraction of sp³-hybridized carbons (Fsp3) is 0.333. The Morgan fingerprint density at radius 3 is 2.45 bits per heavy atom. The average Bonchev–Trinajstić information content (AvgIpc) is 2.39. The monoisotopic (exact) mass is 315 g/mol. The number of rotatable bonds is 7. The predicted molar refractivity (Wildman–Crippen MR) is 81.8 cm³/mol. The zero-order valence-electron chi connectivity index (χ0n) is 11.0. The van der Waals surface area contributed by atoms with Crippen LogP contribution in [-0.4, -0.2) is 38.7 Å². The van der Waals surface area contributed by atoms with Crippen molar-refractivity contribution >= 4 is 33.1 Å². The molecule has 1 aromatic carbocycles. The highest BCUT2D eigenvalue weighted by Crippen LogP contribution is 2.15. The van der Waals surface area contributed by atoms with Crippen LogP contribution in [0.15, 0.2) is 30.3 Å². The number of sulfonamides is 1. The van der Waals surface area contributed by atoms with Gasteiger partial charge >= 0.3 is 0 Å². The van der Waals surface area contributed by atoms with Crippen molar-refractivity contribution in [3.05, 3.63) is 35.9 Å². The third kappa shape index (κ3) is 4.87. The number of thiocarbonyl (C=S) groups is 1. The SMILES string of the molecule is CNS(=O)(=O)CCNC(=O)C(C(N)=S)c1ccccc1. The third-order valence-electron chi connectivity index (χ3n) is 2.66. The lowest BCUT2D eigenvalue weighted by atomic mass is 9.98. The molecule has 1 aromatic rings. The molecule has 110 valence electrons. The number of nitrogens with one attached hydrogen (secondary N) is 2. The van der Waals surface area contributed by atoms with E-state index in [0.29, 0.717) is 5.56 Å². The van der Waals surface area contributed by atoms with Crippen molar-refractivity contribution in [3.8, 4) is 0 Å². The van der Waals surface area contributed by atoms with Crippen molar-refractivity contribution in [1.29, 1.82) is 0 Å². The van der Waals surface area contributed by atoms with E-state index in [1.807, 2.05) is 6.07 Å². The summed E-state index contributed by atoms with van der Waals surface area (Å²) < 4.78 is 24.7. The average molecular weight is 315 g/mol. The molecule has 0 fully saturated rings. The highest BCUT2D eigenvalue weighted by atomic mass is 32.2. The molecule has 0 saturated heterocycles. The van der Waals surface area contributed by atoms with E-state index in [1.54, 1.807) is 24.3 Å². The van der Waals surface area contributed by atoms with Crippen LogP contribution in [-0.2, 0) is 14.8 Å². The molecule has 1 atom stereocenters. The molecule has 0 aliphatic carbocycles. The molecule has 1 amide bonds. The summed E-state index contributed by atoms with van der Waals surface area (Å²) in [6.45, 7) is -0.00600. The molecule has 0 aliphatic heterocycles. The normalized spacial score (nSPS) is 12.7. The molecule has 0 bridgehead atoms. The molecule has 8 heteroatoms. The van der Waals surface area contributed by atoms with Crippen LogP contribution < -0.4 is 15.8 Å². The van der Waals surface area contributed by atoms with Crippen molar-refractivity contribution < 1.29 is 13.2 Å². The molecule has 6 nitrogen and oxygen atoms in total. The number of benzene rings is 1. The fourth-order valence-corrected chi connectivity index (χ4v) is 2.42. The van der Waals surface area contributed by atoms with Crippen LogP contribution in [0.3, 0.4) is 0 Å². The van der Waals surface area contributed by atoms with Gasteiger partial charge in [0.05, 0.1) is 10.7 Å². The van der Waals surface area contributed by atoms with Gasteiger partial charge in [-0.2, -0.15) is 0 Å². The van der Waals surface area contributed by atoms with E-state index in [9.17, 15) is 13.2 Å². The number of nitrogens with two attached hydrogens (primary N) is 1. The van der Waals surface area contributed by atoms with Gasteiger partial charge in [-0.25, -0.2) is 13.1 Å². The zero-order chi connectivity index (χ0) is 15.2. The van der Waals surface area contributed by atoms with Crippen LogP contribution in [0.5, 0.6) is 0 Å². The molecule has 20 heavy (non-hydrogen) atoms. The Labute approximate surface area is 123 Å². The lowest BCUT2D eigenvalue weighted by Gasteiger charge is -2.15. The molecule has 0 saturated carbocycles. The molecule has 0 spiro atoms. The van der Waals surface area contributed by atoms with Gasteiger partial charge in [-0.1, -0.05) is 42.5 Å². The second-order valence-electron chi connectivity index (χ2n) is 4.06. The van der Waals surface area contributed by atoms with Crippen LogP contribution in [0.4, 0.5) is 0 Å². The second-order valence-corrected chi connectivity index (χ2v) is 6.58. The van der Waals surface area contributed by atoms with Crippen LogP contribution >= 0.6 is 12.2 Å². The van der Waals surface area contributed by atoms with Gasteiger partial charge in [0.2, 0.25) is 15.9 Å². The Morgan fingerprint density at radius 2 is 1.95 bits per heavy atom. The van der Waals surface area contributed by atoms with Crippen molar-refractivity contribution in [2.75, 3.05) is 19.3 Å². The Hall–Kier alpha value is -1.51. The van der Waals surface area contributed by atoms with E-state index in [-0.39, 0.29) is 17.3 Å². The molecular weight excluding hydrogens is 298 g/mol. The lowest BCUT2D eigenvalue weighted by Crippen LogP contribution is -2.39. The Balaban J connectivity index is 2.70. The summed E-state index contributed by atoms with van der Waals surface area (Å²) in [7, 11) is -2.04. The molecule has 0 aromatic heterocycles. The number of carbonyl (C=O) groups is 1. The van der Waals surface area contributed by atoms with E-state index in [1.165, 1.54) is 7.05 Å². The van der Waals surface area contributed by atoms with Crippen molar-refractivity contribution in [2.24, 2.45) is 5.73 Å². The molecule has 0 radical (unpaired) electrons. The Bertz CT molecular complexity index is 573. The van der Waals surface area contributed by atoms with E-state index in [2.05, 4.69) is 10.0 Å². The molecule has 1 rings (SSSR count). The number of hydrogen-bond acceptors (Lipinski definition) is 4. The quantitative estimate of drug-likeness (QED) is 0.601. The van der Waals surface area contributed by atoms with Gasteiger partial charge in [-0.3, -0.25) is 4.79 Å². The van der Waals surface area contributed by atoms with Gasteiger partial charge in [-0.15, -0.1) is 0 Å². The summed E-state index contributed by atoms with van der Waals surface area (Å²) >= 11 is 4.91. The van der Waals surface area contributed by atoms with Crippen molar-refractivity contribution in [3.63, 3.8) is 0 Å². The first-order chi connectivity index (χ1) is 9.37. The summed E-state index contributed by atoms with van der Waals surface area (Å²) in [6.07, 6.45) is 0. The number of hydrogen-bond donors (Lipinski definition) is 3. The second kappa shape index (κ2) is 7.32. The van der Waals surface area contributed by atoms with Gasteiger partial charge in [0.1, 0.15) is 5.92 Å². The maximum Gasteiger partial charge on any atom is 0.234 e. The standard InChI is InChI=1S/C12H17N3O3S2/c1-14-20(17,18)8-7-15-12(16)10(11(13)19)9-5-3-2-4-6-9/h2-6,10,14H,7-8H2,1H3,(H2,13,19)(H,15,16). The maximum absolute atomic E-state index is 12.1.